The predicted octanol–water partition coefficient (Wildman–Crippen LogP) is -0.519. The molecule has 1 aliphatic heterocycles. The number of ether oxygens (including phenoxy) is 1. The molecule has 2 heterocycles. The van der Waals surface area contributed by atoms with E-state index in [-0.39, 0.29) is 6.04 Å². The molecule has 2 rings (SSSR count). The van der Waals surface area contributed by atoms with Crippen LogP contribution in [0.25, 0.3) is 0 Å². The van der Waals surface area contributed by atoms with Crippen molar-refractivity contribution in [1.29, 1.82) is 0 Å². The van der Waals surface area contributed by atoms with Gasteiger partial charge in [0, 0.05) is 19.2 Å². The van der Waals surface area contributed by atoms with Crippen molar-refractivity contribution >= 4 is 10.0 Å². The lowest BCUT2D eigenvalue weighted by molar-refractivity contribution is 0.171. The van der Waals surface area contributed by atoms with Gasteiger partial charge >= 0.3 is 0 Å². The maximum atomic E-state index is 11.4. The number of methoxy groups -OCH3 is 1. The Labute approximate surface area is 88.3 Å². The Kier molecular flexibility index (Phi) is 2.53. The highest BCUT2D eigenvalue weighted by Gasteiger charge is 2.28. The molecule has 1 aromatic rings. The van der Waals surface area contributed by atoms with Crippen LogP contribution in [-0.2, 0) is 21.3 Å². The summed E-state index contributed by atoms with van der Waals surface area (Å²) in [5.74, 6) is 0. The smallest absolute Gasteiger partial charge is 0.251 e. The second-order valence-electron chi connectivity index (χ2n) is 3.54. The fraction of sp³-hybridized carbons (Fsp3) is 0.625. The van der Waals surface area contributed by atoms with E-state index in [0.717, 1.165) is 15.9 Å². The normalized spacial score (nSPS) is 20.5. The zero-order valence-corrected chi connectivity index (χ0v) is 9.41. The summed E-state index contributed by atoms with van der Waals surface area (Å²) in [6.45, 7) is 1.03. The Morgan fingerprint density at radius 2 is 2.47 bits per heavy atom. The third-order valence-electron chi connectivity index (χ3n) is 2.40. The third kappa shape index (κ3) is 1.77. The van der Waals surface area contributed by atoms with E-state index in [9.17, 15) is 8.42 Å². The van der Waals surface area contributed by atoms with E-state index in [0.29, 0.717) is 18.8 Å². The van der Waals surface area contributed by atoms with Crippen LogP contribution < -0.4 is 5.32 Å². The second kappa shape index (κ2) is 3.58. The van der Waals surface area contributed by atoms with Crippen LogP contribution in [0, 0.1) is 0 Å². The highest BCUT2D eigenvalue weighted by Crippen LogP contribution is 2.25. The molecular formula is C8H13N3O3S. The molecule has 0 radical (unpaired) electrons. The summed E-state index contributed by atoms with van der Waals surface area (Å²) in [6.07, 6.45) is 2.73. The zero-order valence-electron chi connectivity index (χ0n) is 8.60. The Morgan fingerprint density at radius 1 is 1.73 bits per heavy atom. The molecule has 15 heavy (non-hydrogen) atoms. The predicted molar refractivity (Wildman–Crippen MR) is 53.9 cm³/mol. The Bertz CT molecular complexity index is 465. The molecular weight excluding hydrogens is 218 g/mol. The van der Waals surface area contributed by atoms with Gasteiger partial charge in [-0.25, -0.2) is 8.42 Å². The summed E-state index contributed by atoms with van der Waals surface area (Å²) in [7, 11) is -1.69. The topological polar surface area (TPSA) is 73.2 Å². The number of rotatable bonds is 3. The summed E-state index contributed by atoms with van der Waals surface area (Å²) >= 11 is 0. The number of hydrogen-bond acceptors (Lipinski definition) is 5. The lowest BCUT2D eigenvalue weighted by Gasteiger charge is -2.07. The van der Waals surface area contributed by atoms with Crippen LogP contribution in [0.15, 0.2) is 6.20 Å². The molecule has 0 fully saturated rings. The Morgan fingerprint density at radius 3 is 3.07 bits per heavy atom. The molecule has 1 N–H and O–H groups in total. The van der Waals surface area contributed by atoms with Crippen molar-refractivity contribution < 1.29 is 13.2 Å². The summed E-state index contributed by atoms with van der Waals surface area (Å²) in [6, 6.07) is 0.0421. The van der Waals surface area contributed by atoms with Crippen molar-refractivity contribution in [3.05, 3.63) is 17.5 Å². The number of hydrogen-bond donors (Lipinski definition) is 1. The maximum Gasteiger partial charge on any atom is 0.251 e. The Hall–Kier alpha value is -0.920. The zero-order chi connectivity index (χ0) is 11.1. The van der Waals surface area contributed by atoms with Crippen LogP contribution in [0.4, 0.5) is 0 Å². The number of nitrogens with zero attached hydrogens (tertiary/aromatic N) is 2. The largest absolute Gasteiger partial charge is 0.383 e. The van der Waals surface area contributed by atoms with Crippen molar-refractivity contribution in [3.8, 4) is 0 Å². The van der Waals surface area contributed by atoms with Crippen molar-refractivity contribution in [2.45, 2.75) is 12.6 Å². The van der Waals surface area contributed by atoms with E-state index in [4.69, 9.17) is 4.74 Å². The SMILES string of the molecule is COC[C@H]1NCc2c1cnn2S(C)(=O)=O. The standard InChI is InChI=1S/C8H13N3O3S/c1-14-5-7-6-3-10-11(15(2,12)13)8(6)4-9-7/h3,7,9H,4-5H2,1-2H3/t7-/m1/s1. The lowest BCUT2D eigenvalue weighted by atomic mass is 10.2. The molecule has 6 nitrogen and oxygen atoms in total. The molecule has 0 saturated carbocycles. The van der Waals surface area contributed by atoms with Gasteiger partial charge in [0.25, 0.3) is 10.0 Å². The van der Waals surface area contributed by atoms with Gasteiger partial charge in [-0.1, -0.05) is 0 Å². The van der Waals surface area contributed by atoms with Gasteiger partial charge in [0.1, 0.15) is 0 Å². The molecule has 0 spiro atoms. The van der Waals surface area contributed by atoms with Gasteiger partial charge < -0.3 is 10.1 Å². The van der Waals surface area contributed by atoms with Gasteiger partial charge in [-0.3, -0.25) is 0 Å². The van der Waals surface area contributed by atoms with Crippen LogP contribution in [-0.4, -0.2) is 37.6 Å². The summed E-state index contributed by atoms with van der Waals surface area (Å²) in [5, 5.41) is 7.04. The van der Waals surface area contributed by atoms with Gasteiger partial charge in [-0.05, 0) is 0 Å². The molecule has 0 aromatic carbocycles. The average molecular weight is 231 g/mol. The molecule has 7 heteroatoms. The van der Waals surface area contributed by atoms with Gasteiger partial charge in [-0.2, -0.15) is 9.19 Å². The van der Waals surface area contributed by atoms with E-state index in [1.807, 2.05) is 0 Å². The first-order chi connectivity index (χ1) is 7.04. The van der Waals surface area contributed by atoms with Crippen molar-refractivity contribution in [1.82, 2.24) is 14.5 Å². The fourth-order valence-electron chi connectivity index (χ4n) is 1.76. The summed E-state index contributed by atoms with van der Waals surface area (Å²) < 4.78 is 28.8. The van der Waals surface area contributed by atoms with Crippen LogP contribution in [0.3, 0.4) is 0 Å². The van der Waals surface area contributed by atoms with E-state index < -0.39 is 10.0 Å². The average Bonchev–Trinajstić information content (AvgIpc) is 2.66. The van der Waals surface area contributed by atoms with Gasteiger partial charge in [-0.15, -0.1) is 0 Å². The summed E-state index contributed by atoms with van der Waals surface area (Å²) in [4.78, 5) is 0. The van der Waals surface area contributed by atoms with E-state index in [1.165, 1.54) is 0 Å². The first-order valence-electron chi connectivity index (χ1n) is 4.53. The minimum atomic E-state index is -3.30. The molecule has 84 valence electrons. The number of aromatic nitrogens is 2. The number of fused-ring (bicyclic) bond motifs is 1. The quantitative estimate of drug-likeness (QED) is 0.758. The molecule has 0 aliphatic carbocycles. The highest BCUT2D eigenvalue weighted by atomic mass is 32.2. The first kappa shape index (κ1) is 10.6. The molecule has 0 unspecified atom stereocenters. The van der Waals surface area contributed by atoms with Gasteiger partial charge in [0.05, 0.1) is 30.8 Å². The van der Waals surface area contributed by atoms with Crippen LogP contribution in [0.2, 0.25) is 0 Å². The van der Waals surface area contributed by atoms with Gasteiger partial charge in [0.2, 0.25) is 0 Å². The van der Waals surface area contributed by atoms with Crippen molar-refractivity contribution in [2.24, 2.45) is 0 Å². The van der Waals surface area contributed by atoms with E-state index in [2.05, 4.69) is 10.4 Å². The monoisotopic (exact) mass is 231 g/mol. The minimum Gasteiger partial charge on any atom is -0.383 e. The van der Waals surface area contributed by atoms with Crippen LogP contribution in [0.1, 0.15) is 17.3 Å². The third-order valence-corrected chi connectivity index (χ3v) is 3.35. The summed E-state index contributed by atoms with van der Waals surface area (Å²) in [5.41, 5.74) is 1.61. The minimum absolute atomic E-state index is 0.0421. The van der Waals surface area contributed by atoms with Crippen molar-refractivity contribution in [2.75, 3.05) is 20.0 Å². The lowest BCUT2D eigenvalue weighted by Crippen LogP contribution is -2.19. The Balaban J connectivity index is 2.39. The maximum absolute atomic E-state index is 11.4. The van der Waals surface area contributed by atoms with Crippen LogP contribution in [0.5, 0.6) is 0 Å². The van der Waals surface area contributed by atoms with Crippen molar-refractivity contribution in [3.63, 3.8) is 0 Å². The molecule has 1 aliphatic rings. The molecule has 1 atom stereocenters. The van der Waals surface area contributed by atoms with Crippen LogP contribution >= 0.6 is 0 Å². The van der Waals surface area contributed by atoms with Gasteiger partial charge in [0.15, 0.2) is 0 Å². The molecule has 0 bridgehead atoms. The highest BCUT2D eigenvalue weighted by molar-refractivity contribution is 7.89. The molecule has 1 aromatic heterocycles. The molecule has 0 amide bonds. The second-order valence-corrected chi connectivity index (χ2v) is 5.35. The fourth-order valence-corrected chi connectivity index (χ4v) is 2.55. The number of nitrogens with one attached hydrogen (secondary N) is 1. The van der Waals surface area contributed by atoms with E-state index >= 15 is 0 Å². The van der Waals surface area contributed by atoms with E-state index in [1.54, 1.807) is 13.3 Å². The molecule has 0 saturated heterocycles. The first-order valence-corrected chi connectivity index (χ1v) is 6.38.